The van der Waals surface area contributed by atoms with Crippen molar-refractivity contribution in [1.29, 1.82) is 0 Å². The van der Waals surface area contributed by atoms with Gasteiger partial charge in [-0.05, 0) is 43.2 Å². The molecular weight excluding hydrogens is 292 g/mol. The highest BCUT2D eigenvalue weighted by Crippen LogP contribution is 2.31. The highest BCUT2D eigenvalue weighted by molar-refractivity contribution is 5.95. The van der Waals surface area contributed by atoms with E-state index >= 15 is 0 Å². The molecule has 2 aromatic carbocycles. The van der Waals surface area contributed by atoms with Crippen LogP contribution in [0.3, 0.4) is 0 Å². The number of anilines is 1. The summed E-state index contributed by atoms with van der Waals surface area (Å²) in [5.74, 6) is 1.54. The van der Waals surface area contributed by atoms with Crippen molar-refractivity contribution in [1.82, 2.24) is 4.98 Å². The summed E-state index contributed by atoms with van der Waals surface area (Å²) in [6, 6.07) is 13.1. The highest BCUT2D eigenvalue weighted by Gasteiger charge is 2.29. The minimum Gasteiger partial charge on any atom is -0.497 e. The third-order valence-corrected chi connectivity index (χ3v) is 3.92. The van der Waals surface area contributed by atoms with Crippen molar-refractivity contribution in [3.63, 3.8) is 0 Å². The van der Waals surface area contributed by atoms with Crippen LogP contribution in [0.2, 0.25) is 0 Å². The Kier molecular flexibility index (Phi) is 3.26. The molecule has 0 saturated heterocycles. The van der Waals surface area contributed by atoms with Gasteiger partial charge in [0.05, 0.1) is 7.11 Å². The van der Waals surface area contributed by atoms with Crippen molar-refractivity contribution in [3.05, 3.63) is 42.5 Å². The van der Waals surface area contributed by atoms with Crippen LogP contribution in [-0.2, 0) is 4.79 Å². The number of methoxy groups -OCH3 is 1. The maximum atomic E-state index is 11.8. The predicted octanol–water partition coefficient (Wildman–Crippen LogP) is 3.85. The lowest BCUT2D eigenvalue weighted by atomic mass is 10.2. The molecule has 0 atom stereocenters. The normalized spacial score (nSPS) is 14.0. The standard InChI is InChI=1S/C18H16N2O3/c1-22-14-4-2-3-12(9-14)18-20-15-8-7-13(10-16(15)23-18)19-17(21)11-5-6-11/h2-4,7-11H,5-6H2,1H3,(H,19,21). The molecular formula is C18H16N2O3. The van der Waals surface area contributed by atoms with E-state index in [9.17, 15) is 4.79 Å². The Hall–Kier alpha value is -2.82. The van der Waals surface area contributed by atoms with Crippen LogP contribution in [0.15, 0.2) is 46.9 Å². The Morgan fingerprint density at radius 2 is 2.13 bits per heavy atom. The molecule has 1 aliphatic carbocycles. The van der Waals surface area contributed by atoms with Gasteiger partial charge in [-0.3, -0.25) is 4.79 Å². The van der Waals surface area contributed by atoms with E-state index in [2.05, 4.69) is 10.3 Å². The molecule has 1 saturated carbocycles. The Balaban J connectivity index is 1.65. The van der Waals surface area contributed by atoms with Gasteiger partial charge in [0.15, 0.2) is 5.58 Å². The topological polar surface area (TPSA) is 64.4 Å². The number of oxazole rings is 1. The average Bonchev–Trinajstić information content (AvgIpc) is 3.34. The summed E-state index contributed by atoms with van der Waals surface area (Å²) in [4.78, 5) is 16.3. The Morgan fingerprint density at radius 3 is 2.91 bits per heavy atom. The van der Waals surface area contributed by atoms with E-state index in [1.54, 1.807) is 7.11 Å². The maximum absolute atomic E-state index is 11.8. The first kappa shape index (κ1) is 13.8. The van der Waals surface area contributed by atoms with Gasteiger partial charge >= 0.3 is 0 Å². The van der Waals surface area contributed by atoms with Crippen LogP contribution in [0.1, 0.15) is 12.8 Å². The van der Waals surface area contributed by atoms with Gasteiger partial charge < -0.3 is 14.5 Å². The van der Waals surface area contributed by atoms with Crippen LogP contribution in [0.25, 0.3) is 22.6 Å². The number of fused-ring (bicyclic) bond motifs is 1. The average molecular weight is 308 g/mol. The van der Waals surface area contributed by atoms with E-state index in [-0.39, 0.29) is 11.8 Å². The summed E-state index contributed by atoms with van der Waals surface area (Å²) in [6.07, 6.45) is 1.97. The number of nitrogens with one attached hydrogen (secondary N) is 1. The van der Waals surface area contributed by atoms with Crippen LogP contribution >= 0.6 is 0 Å². The molecule has 5 heteroatoms. The number of benzene rings is 2. The van der Waals surface area contributed by atoms with Gasteiger partial charge in [0, 0.05) is 23.2 Å². The molecule has 0 radical (unpaired) electrons. The van der Waals surface area contributed by atoms with Crippen LogP contribution in [0.5, 0.6) is 5.75 Å². The second-order valence-corrected chi connectivity index (χ2v) is 5.70. The summed E-state index contributed by atoms with van der Waals surface area (Å²) in [5, 5.41) is 2.92. The van der Waals surface area contributed by atoms with Crippen molar-refractivity contribution < 1.29 is 13.9 Å². The lowest BCUT2D eigenvalue weighted by Crippen LogP contribution is -2.12. The second kappa shape index (κ2) is 5.43. The zero-order valence-corrected chi connectivity index (χ0v) is 12.7. The van der Waals surface area contributed by atoms with E-state index in [4.69, 9.17) is 9.15 Å². The fraction of sp³-hybridized carbons (Fsp3) is 0.222. The number of ether oxygens (including phenoxy) is 1. The molecule has 3 aromatic rings. The molecule has 0 unspecified atom stereocenters. The summed E-state index contributed by atoms with van der Waals surface area (Å²) in [6.45, 7) is 0. The molecule has 1 aromatic heterocycles. The van der Waals surface area contributed by atoms with E-state index in [1.165, 1.54) is 0 Å². The van der Waals surface area contributed by atoms with Gasteiger partial charge in [-0.2, -0.15) is 0 Å². The lowest BCUT2D eigenvalue weighted by Gasteiger charge is -2.02. The van der Waals surface area contributed by atoms with Crippen LogP contribution in [0, 0.1) is 5.92 Å². The molecule has 1 heterocycles. The predicted molar refractivity (Wildman–Crippen MR) is 87.4 cm³/mol. The minimum atomic E-state index is 0.0804. The Morgan fingerprint density at radius 1 is 1.26 bits per heavy atom. The molecule has 1 N–H and O–H groups in total. The number of carbonyl (C=O) groups excluding carboxylic acids is 1. The number of carbonyl (C=O) groups is 1. The molecule has 116 valence electrons. The van der Waals surface area contributed by atoms with E-state index in [0.717, 1.165) is 35.4 Å². The molecule has 1 aliphatic rings. The summed E-state index contributed by atoms with van der Waals surface area (Å²) in [5.41, 5.74) is 3.00. The molecule has 0 spiro atoms. The maximum Gasteiger partial charge on any atom is 0.227 e. The zero-order valence-electron chi connectivity index (χ0n) is 12.7. The Labute approximate surface area is 133 Å². The number of nitrogens with zero attached hydrogens (tertiary/aromatic N) is 1. The Bertz CT molecular complexity index is 881. The molecule has 0 aliphatic heterocycles. The summed E-state index contributed by atoms with van der Waals surface area (Å²) in [7, 11) is 1.63. The van der Waals surface area contributed by atoms with Crippen molar-refractivity contribution in [3.8, 4) is 17.2 Å². The monoisotopic (exact) mass is 308 g/mol. The molecule has 4 rings (SSSR count). The third kappa shape index (κ3) is 2.77. The van der Waals surface area contributed by atoms with Gasteiger partial charge in [0.1, 0.15) is 11.3 Å². The van der Waals surface area contributed by atoms with Crippen LogP contribution in [-0.4, -0.2) is 18.0 Å². The van der Waals surface area contributed by atoms with Crippen LogP contribution < -0.4 is 10.1 Å². The number of hydrogen-bond acceptors (Lipinski definition) is 4. The largest absolute Gasteiger partial charge is 0.497 e. The molecule has 1 fully saturated rings. The summed E-state index contributed by atoms with van der Waals surface area (Å²) < 4.78 is 11.1. The third-order valence-electron chi connectivity index (χ3n) is 3.92. The van der Waals surface area contributed by atoms with E-state index < -0.39 is 0 Å². The molecule has 0 bridgehead atoms. The van der Waals surface area contributed by atoms with Gasteiger partial charge in [-0.1, -0.05) is 6.07 Å². The second-order valence-electron chi connectivity index (χ2n) is 5.70. The highest BCUT2D eigenvalue weighted by atomic mass is 16.5. The van der Waals surface area contributed by atoms with Crippen molar-refractivity contribution in [2.45, 2.75) is 12.8 Å². The number of rotatable bonds is 4. The lowest BCUT2D eigenvalue weighted by molar-refractivity contribution is -0.117. The molecule has 5 nitrogen and oxygen atoms in total. The van der Waals surface area contributed by atoms with Crippen LogP contribution in [0.4, 0.5) is 5.69 Å². The van der Waals surface area contributed by atoms with Crippen molar-refractivity contribution in [2.75, 3.05) is 12.4 Å². The molecule has 23 heavy (non-hydrogen) atoms. The van der Waals surface area contributed by atoms with E-state index in [0.29, 0.717) is 11.5 Å². The number of amides is 1. The molecule has 1 amide bonds. The summed E-state index contributed by atoms with van der Waals surface area (Å²) >= 11 is 0. The first-order valence-corrected chi connectivity index (χ1v) is 7.59. The quantitative estimate of drug-likeness (QED) is 0.795. The fourth-order valence-corrected chi connectivity index (χ4v) is 2.47. The van der Waals surface area contributed by atoms with Gasteiger partial charge in [0.2, 0.25) is 11.8 Å². The SMILES string of the molecule is COc1cccc(-c2nc3ccc(NC(=O)C4CC4)cc3o2)c1. The number of aromatic nitrogens is 1. The first-order valence-electron chi connectivity index (χ1n) is 7.59. The number of hydrogen-bond donors (Lipinski definition) is 1. The van der Waals surface area contributed by atoms with E-state index in [1.807, 2.05) is 42.5 Å². The van der Waals surface area contributed by atoms with Crippen molar-refractivity contribution >= 4 is 22.7 Å². The van der Waals surface area contributed by atoms with Gasteiger partial charge in [-0.25, -0.2) is 4.98 Å². The first-order chi connectivity index (χ1) is 11.2. The van der Waals surface area contributed by atoms with Crippen molar-refractivity contribution in [2.24, 2.45) is 5.92 Å². The smallest absolute Gasteiger partial charge is 0.227 e. The van der Waals surface area contributed by atoms with Gasteiger partial charge in [-0.15, -0.1) is 0 Å². The van der Waals surface area contributed by atoms with Gasteiger partial charge in [0.25, 0.3) is 0 Å². The minimum absolute atomic E-state index is 0.0804. The fourth-order valence-electron chi connectivity index (χ4n) is 2.47. The zero-order chi connectivity index (χ0) is 15.8.